The Labute approximate surface area is 276 Å². The fourth-order valence-corrected chi connectivity index (χ4v) is 12.7. The number of carbonyl (C=O) groups is 3. The standard InChI is InChI=1S/C32H28N4O6S4/c1-15-4-8-17(9-5-15)36-29(38)24-19-13-20(25(24)30(36)39)27-23(19)26(21-3-2-12-43-21)28-31(44-27)35(32(40)45-28)14-22(37)34-16-6-10-18(11-7-16)46(33,41)42/h2-12,19-20,23-27H,13-14H2,1H3,(H,34,37)(H2,33,41,42). The van der Waals surface area contributed by atoms with Crippen LogP contribution in [0.25, 0.3) is 0 Å². The Morgan fingerprint density at radius 2 is 1.67 bits per heavy atom. The number of imide groups is 1. The number of sulfonamides is 1. The minimum atomic E-state index is -3.87. The highest BCUT2D eigenvalue weighted by molar-refractivity contribution is 8.00. The molecule has 3 amide bonds. The average Bonchev–Trinajstić information content (AvgIpc) is 3.83. The highest BCUT2D eigenvalue weighted by Crippen LogP contribution is 2.69. The van der Waals surface area contributed by atoms with E-state index in [1.165, 1.54) is 33.7 Å². The van der Waals surface area contributed by atoms with Crippen LogP contribution in [0.5, 0.6) is 0 Å². The minimum absolute atomic E-state index is 0.00825. The molecule has 2 aliphatic heterocycles. The molecule has 2 aromatic carbocycles. The van der Waals surface area contributed by atoms with Crippen molar-refractivity contribution in [3.05, 3.63) is 91.0 Å². The van der Waals surface area contributed by atoms with Gasteiger partial charge in [-0.1, -0.05) is 35.1 Å². The molecule has 8 rings (SSSR count). The van der Waals surface area contributed by atoms with Crippen molar-refractivity contribution in [3.8, 4) is 0 Å². The van der Waals surface area contributed by atoms with E-state index in [0.29, 0.717) is 11.4 Å². The largest absolute Gasteiger partial charge is 0.325 e. The third kappa shape index (κ3) is 4.56. The number of aryl methyl sites for hydroxylation is 1. The topological polar surface area (TPSA) is 149 Å². The minimum Gasteiger partial charge on any atom is -0.325 e. The lowest BCUT2D eigenvalue weighted by atomic mass is 9.69. The third-order valence-electron chi connectivity index (χ3n) is 9.86. The van der Waals surface area contributed by atoms with E-state index in [9.17, 15) is 27.6 Å². The lowest BCUT2D eigenvalue weighted by molar-refractivity contribution is -0.123. The SMILES string of the molecule is Cc1ccc(N2C(=O)C3C4CC(C3C2=O)C2C(c3cccs3)c3sc(=O)n(CC(=O)Nc5ccc(S(N)(=O)=O)cc5)c3SC42)cc1. The number of rotatable bonds is 6. The maximum atomic E-state index is 14.0. The summed E-state index contributed by atoms with van der Waals surface area (Å²) in [6.45, 7) is 1.75. The van der Waals surface area contributed by atoms with E-state index in [0.717, 1.165) is 38.1 Å². The molecular formula is C32H28N4O6S4. The summed E-state index contributed by atoms with van der Waals surface area (Å²) in [6, 6.07) is 17.1. The summed E-state index contributed by atoms with van der Waals surface area (Å²) < 4.78 is 24.7. The fraction of sp³-hybridized carbons (Fsp3) is 0.312. The van der Waals surface area contributed by atoms with Crippen molar-refractivity contribution in [2.45, 2.75) is 41.0 Å². The second kappa shape index (κ2) is 10.7. The van der Waals surface area contributed by atoms with Gasteiger partial charge in [-0.15, -0.1) is 23.1 Å². The van der Waals surface area contributed by atoms with Gasteiger partial charge in [0.25, 0.3) is 0 Å². The highest BCUT2D eigenvalue weighted by Gasteiger charge is 2.70. The van der Waals surface area contributed by atoms with Crippen LogP contribution in [0.4, 0.5) is 11.4 Å². The summed E-state index contributed by atoms with van der Waals surface area (Å²) in [5, 5.41) is 10.7. The van der Waals surface area contributed by atoms with Crippen LogP contribution in [0.2, 0.25) is 0 Å². The Hall–Kier alpha value is -3.56. The number of thiophene rings is 1. The molecule has 7 unspecified atom stereocenters. The zero-order valence-electron chi connectivity index (χ0n) is 24.4. The number of hydrogen-bond acceptors (Lipinski definition) is 9. The number of thioether (sulfide) groups is 1. The Morgan fingerprint density at radius 3 is 2.33 bits per heavy atom. The van der Waals surface area contributed by atoms with Gasteiger partial charge in [0.1, 0.15) is 6.54 Å². The van der Waals surface area contributed by atoms with Crippen molar-refractivity contribution < 1.29 is 22.8 Å². The van der Waals surface area contributed by atoms with Gasteiger partial charge < -0.3 is 5.32 Å². The number of nitrogens with two attached hydrogens (primary N) is 1. The summed E-state index contributed by atoms with van der Waals surface area (Å²) in [7, 11) is -3.87. The second-order valence-corrected chi connectivity index (χ2v) is 17.1. The lowest BCUT2D eigenvalue weighted by Gasteiger charge is -2.42. The molecule has 2 saturated carbocycles. The number of nitrogens with one attached hydrogen (secondary N) is 1. The summed E-state index contributed by atoms with van der Waals surface area (Å²) in [6.07, 6.45) is 0.785. The van der Waals surface area contributed by atoms with Crippen molar-refractivity contribution in [2.75, 3.05) is 10.2 Å². The van der Waals surface area contributed by atoms with Gasteiger partial charge >= 0.3 is 4.87 Å². The number of anilines is 2. The molecule has 46 heavy (non-hydrogen) atoms. The second-order valence-electron chi connectivity index (χ2n) is 12.4. The molecule has 14 heteroatoms. The van der Waals surface area contributed by atoms with E-state index in [1.807, 2.05) is 42.6 Å². The van der Waals surface area contributed by atoms with Crippen molar-refractivity contribution in [1.82, 2.24) is 4.57 Å². The fourth-order valence-electron chi connectivity index (χ4n) is 8.06. The maximum Gasteiger partial charge on any atom is 0.308 e. The van der Waals surface area contributed by atoms with Crippen LogP contribution >= 0.6 is 34.4 Å². The molecule has 2 aromatic heterocycles. The monoisotopic (exact) mass is 692 g/mol. The van der Waals surface area contributed by atoms with Crippen LogP contribution in [0.15, 0.2) is 80.8 Å². The molecule has 3 N–H and O–H groups in total. The summed E-state index contributed by atoms with van der Waals surface area (Å²) in [5.74, 6) is -1.52. The molecule has 1 saturated heterocycles. The van der Waals surface area contributed by atoms with Gasteiger partial charge in [0.2, 0.25) is 27.7 Å². The number of fused-ring (bicyclic) bond motifs is 9. The van der Waals surface area contributed by atoms with Crippen LogP contribution in [0.1, 0.15) is 27.7 Å². The molecule has 7 atom stereocenters. The Balaban J connectivity index is 1.12. The van der Waals surface area contributed by atoms with Crippen molar-refractivity contribution >= 4 is 73.6 Å². The van der Waals surface area contributed by atoms with Gasteiger partial charge in [-0.05, 0) is 78.9 Å². The number of primary sulfonamides is 1. The third-order valence-corrected chi connectivity index (χ3v) is 14.5. The summed E-state index contributed by atoms with van der Waals surface area (Å²) in [5.41, 5.74) is 2.04. The van der Waals surface area contributed by atoms with Gasteiger partial charge in [-0.25, -0.2) is 13.6 Å². The van der Waals surface area contributed by atoms with Crippen LogP contribution in [-0.4, -0.2) is 36.0 Å². The molecule has 0 radical (unpaired) electrons. The van der Waals surface area contributed by atoms with E-state index in [-0.39, 0.29) is 63.0 Å². The quantitative estimate of drug-likeness (QED) is 0.287. The molecule has 236 valence electrons. The number of hydrogen-bond donors (Lipinski definition) is 2. The molecular weight excluding hydrogens is 665 g/mol. The number of benzene rings is 2. The molecule has 2 bridgehead atoms. The van der Waals surface area contributed by atoms with Crippen LogP contribution < -0.4 is 20.2 Å². The highest BCUT2D eigenvalue weighted by atomic mass is 32.2. The van der Waals surface area contributed by atoms with Gasteiger partial charge in [0.15, 0.2) is 0 Å². The smallest absolute Gasteiger partial charge is 0.308 e. The van der Waals surface area contributed by atoms with E-state index >= 15 is 0 Å². The Bertz CT molecular complexity index is 2070. The molecule has 3 fully saturated rings. The Morgan fingerprint density at radius 1 is 0.978 bits per heavy atom. The van der Waals surface area contributed by atoms with E-state index in [1.54, 1.807) is 23.1 Å². The average molecular weight is 693 g/mol. The lowest BCUT2D eigenvalue weighted by Crippen LogP contribution is -2.43. The van der Waals surface area contributed by atoms with Crippen molar-refractivity contribution in [1.29, 1.82) is 0 Å². The zero-order chi connectivity index (χ0) is 32.1. The molecule has 10 nitrogen and oxygen atoms in total. The van der Waals surface area contributed by atoms with E-state index in [4.69, 9.17) is 5.14 Å². The number of aromatic nitrogens is 1. The first kappa shape index (κ1) is 29.8. The normalized spacial score (nSPS) is 27.9. The van der Waals surface area contributed by atoms with Crippen molar-refractivity contribution in [2.24, 2.45) is 34.7 Å². The molecule has 2 aliphatic carbocycles. The first-order valence-electron chi connectivity index (χ1n) is 14.8. The maximum absolute atomic E-state index is 14.0. The van der Waals surface area contributed by atoms with E-state index < -0.39 is 21.8 Å². The number of amides is 3. The van der Waals surface area contributed by atoms with Gasteiger partial charge in [0.05, 0.1) is 27.4 Å². The number of thiazole rings is 1. The van der Waals surface area contributed by atoms with Crippen molar-refractivity contribution in [3.63, 3.8) is 0 Å². The first-order valence-corrected chi connectivity index (χ1v) is 18.9. The zero-order valence-corrected chi connectivity index (χ0v) is 27.6. The summed E-state index contributed by atoms with van der Waals surface area (Å²) >= 11 is 4.35. The number of nitrogens with zero attached hydrogens (tertiary/aromatic N) is 2. The summed E-state index contributed by atoms with van der Waals surface area (Å²) in [4.78, 5) is 57.6. The molecule has 4 heterocycles. The molecule has 0 spiro atoms. The van der Waals surface area contributed by atoms with Crippen LogP contribution in [-0.2, 0) is 31.0 Å². The van der Waals surface area contributed by atoms with Crippen LogP contribution in [0.3, 0.4) is 0 Å². The number of carbonyl (C=O) groups excluding carboxylic acids is 3. The molecule has 4 aromatic rings. The Kier molecular flexibility index (Phi) is 6.96. The van der Waals surface area contributed by atoms with E-state index in [2.05, 4.69) is 11.4 Å². The molecule has 4 aliphatic rings. The van der Waals surface area contributed by atoms with Crippen LogP contribution in [0, 0.1) is 36.5 Å². The predicted octanol–water partition coefficient (Wildman–Crippen LogP) is 4.24. The predicted molar refractivity (Wildman–Crippen MR) is 177 cm³/mol. The van der Waals surface area contributed by atoms with Gasteiger partial charge in [-0.3, -0.25) is 28.6 Å². The van der Waals surface area contributed by atoms with Gasteiger partial charge in [0, 0.05) is 26.6 Å². The first-order chi connectivity index (χ1) is 22.0. The van der Waals surface area contributed by atoms with Gasteiger partial charge in [-0.2, -0.15) is 0 Å².